The van der Waals surface area contributed by atoms with E-state index in [2.05, 4.69) is 0 Å². The van der Waals surface area contributed by atoms with Crippen LogP contribution in [0.15, 0.2) is 41.2 Å². The van der Waals surface area contributed by atoms with E-state index in [9.17, 15) is 14.9 Å². The van der Waals surface area contributed by atoms with Crippen LogP contribution in [0.2, 0.25) is 0 Å². The zero-order chi connectivity index (χ0) is 15.3. The van der Waals surface area contributed by atoms with Gasteiger partial charge in [-0.1, -0.05) is 5.57 Å². The van der Waals surface area contributed by atoms with E-state index in [0.29, 0.717) is 5.76 Å². The van der Waals surface area contributed by atoms with Crippen molar-refractivity contribution in [3.8, 4) is 0 Å². The maximum absolute atomic E-state index is 11.1. The fourth-order valence-electron chi connectivity index (χ4n) is 1.46. The maximum atomic E-state index is 11.1. The fourth-order valence-corrected chi connectivity index (χ4v) is 1.46. The average molecular weight is 275 g/mol. The standard InChI is InChI=1S/C15H17NO4/c1-10(2)11(3)15(20-12(4)17)9-13-5-7-14(8-6-13)16(18)19/h5-9H,1-4H3/b15-9-. The molecule has 0 aromatic heterocycles. The van der Waals surface area contributed by atoms with Crippen molar-refractivity contribution < 1.29 is 14.5 Å². The van der Waals surface area contributed by atoms with E-state index < -0.39 is 10.9 Å². The van der Waals surface area contributed by atoms with Gasteiger partial charge in [0.2, 0.25) is 0 Å². The summed E-state index contributed by atoms with van der Waals surface area (Å²) in [5, 5.41) is 10.6. The van der Waals surface area contributed by atoms with Gasteiger partial charge >= 0.3 is 5.97 Å². The van der Waals surface area contributed by atoms with Crippen LogP contribution in [0.1, 0.15) is 33.3 Å². The molecule has 106 valence electrons. The summed E-state index contributed by atoms with van der Waals surface area (Å²) in [5.41, 5.74) is 2.64. The molecule has 0 fully saturated rings. The largest absolute Gasteiger partial charge is 0.426 e. The smallest absolute Gasteiger partial charge is 0.308 e. The number of ether oxygens (including phenoxy) is 1. The predicted octanol–water partition coefficient (Wildman–Crippen LogP) is 3.86. The molecule has 0 aliphatic heterocycles. The molecular formula is C15H17NO4. The molecule has 0 radical (unpaired) electrons. The summed E-state index contributed by atoms with van der Waals surface area (Å²) in [4.78, 5) is 21.3. The summed E-state index contributed by atoms with van der Waals surface area (Å²) in [6, 6.07) is 6.05. The molecule has 0 heterocycles. The minimum Gasteiger partial charge on any atom is -0.426 e. The Morgan fingerprint density at radius 1 is 1.15 bits per heavy atom. The van der Waals surface area contributed by atoms with Gasteiger partial charge in [-0.05, 0) is 50.1 Å². The van der Waals surface area contributed by atoms with Gasteiger partial charge in [-0.3, -0.25) is 14.9 Å². The molecule has 0 saturated heterocycles. The number of hydrogen-bond acceptors (Lipinski definition) is 4. The number of carbonyl (C=O) groups excluding carboxylic acids is 1. The van der Waals surface area contributed by atoms with E-state index in [0.717, 1.165) is 16.7 Å². The van der Waals surface area contributed by atoms with E-state index in [1.807, 2.05) is 20.8 Å². The average Bonchev–Trinajstić information content (AvgIpc) is 2.37. The molecule has 20 heavy (non-hydrogen) atoms. The van der Waals surface area contributed by atoms with E-state index in [-0.39, 0.29) is 5.69 Å². The summed E-state index contributed by atoms with van der Waals surface area (Å²) in [6.45, 7) is 7.03. The predicted molar refractivity (Wildman–Crippen MR) is 76.9 cm³/mol. The normalized spacial score (nSPS) is 10.9. The third-order valence-corrected chi connectivity index (χ3v) is 2.77. The van der Waals surface area contributed by atoms with Crippen molar-refractivity contribution in [3.63, 3.8) is 0 Å². The third-order valence-electron chi connectivity index (χ3n) is 2.77. The Kier molecular flexibility index (Phi) is 5.20. The maximum Gasteiger partial charge on any atom is 0.308 e. The van der Waals surface area contributed by atoms with Crippen LogP contribution in [-0.2, 0) is 9.53 Å². The first-order valence-electron chi connectivity index (χ1n) is 6.10. The first kappa shape index (κ1) is 15.6. The summed E-state index contributed by atoms with van der Waals surface area (Å²) in [5.74, 6) is 0.0464. The highest BCUT2D eigenvalue weighted by atomic mass is 16.6. The number of benzene rings is 1. The molecule has 0 aliphatic rings. The second-order valence-corrected chi connectivity index (χ2v) is 4.58. The van der Waals surface area contributed by atoms with Gasteiger partial charge in [-0.2, -0.15) is 0 Å². The highest BCUT2D eigenvalue weighted by Gasteiger charge is 2.08. The first-order chi connectivity index (χ1) is 9.31. The molecule has 0 amide bonds. The van der Waals surface area contributed by atoms with Crippen molar-refractivity contribution in [2.75, 3.05) is 0 Å². The lowest BCUT2D eigenvalue weighted by Gasteiger charge is -2.09. The summed E-state index contributed by atoms with van der Waals surface area (Å²) in [6.07, 6.45) is 1.69. The molecule has 0 spiro atoms. The van der Waals surface area contributed by atoms with Gasteiger partial charge in [0, 0.05) is 19.1 Å². The van der Waals surface area contributed by atoms with E-state index in [1.54, 1.807) is 18.2 Å². The van der Waals surface area contributed by atoms with E-state index in [4.69, 9.17) is 4.74 Å². The molecular weight excluding hydrogens is 258 g/mol. The molecule has 0 aliphatic carbocycles. The Labute approximate surface area is 117 Å². The van der Waals surface area contributed by atoms with Gasteiger partial charge < -0.3 is 4.74 Å². The Morgan fingerprint density at radius 3 is 2.10 bits per heavy atom. The molecule has 0 saturated carbocycles. The van der Waals surface area contributed by atoms with Crippen LogP contribution in [0.3, 0.4) is 0 Å². The lowest BCUT2D eigenvalue weighted by Crippen LogP contribution is -2.01. The van der Waals surface area contributed by atoms with E-state index >= 15 is 0 Å². The van der Waals surface area contributed by atoms with Crippen molar-refractivity contribution in [2.45, 2.75) is 27.7 Å². The Bertz CT molecular complexity index is 578. The second kappa shape index (κ2) is 6.65. The Balaban J connectivity index is 3.16. The Hall–Kier alpha value is -2.43. The highest BCUT2D eigenvalue weighted by molar-refractivity contribution is 5.70. The van der Waals surface area contributed by atoms with Gasteiger partial charge in [0.1, 0.15) is 5.76 Å². The minimum absolute atomic E-state index is 0.0233. The number of nitro groups is 1. The highest BCUT2D eigenvalue weighted by Crippen LogP contribution is 2.20. The van der Waals surface area contributed by atoms with Crippen molar-refractivity contribution in [1.82, 2.24) is 0 Å². The number of carbonyl (C=O) groups is 1. The van der Waals surface area contributed by atoms with Crippen LogP contribution in [0, 0.1) is 10.1 Å². The van der Waals surface area contributed by atoms with E-state index in [1.165, 1.54) is 19.1 Å². The number of nitro benzene ring substituents is 1. The van der Waals surface area contributed by atoms with Gasteiger partial charge in [-0.25, -0.2) is 0 Å². The number of rotatable bonds is 4. The van der Waals surface area contributed by atoms with Gasteiger partial charge in [0.15, 0.2) is 0 Å². The lowest BCUT2D eigenvalue weighted by atomic mass is 10.1. The number of esters is 1. The molecule has 0 bridgehead atoms. The van der Waals surface area contributed by atoms with Crippen LogP contribution in [0.5, 0.6) is 0 Å². The molecule has 0 unspecified atom stereocenters. The van der Waals surface area contributed by atoms with Crippen molar-refractivity contribution in [3.05, 3.63) is 56.8 Å². The van der Waals surface area contributed by atoms with Crippen LogP contribution < -0.4 is 0 Å². The number of hydrogen-bond donors (Lipinski definition) is 0. The quantitative estimate of drug-likeness (QED) is 0.275. The molecule has 1 aromatic carbocycles. The van der Waals surface area contributed by atoms with Crippen LogP contribution in [0.25, 0.3) is 6.08 Å². The topological polar surface area (TPSA) is 69.4 Å². The van der Waals surface area contributed by atoms with Crippen LogP contribution in [-0.4, -0.2) is 10.9 Å². The number of nitrogens with zero attached hydrogens (tertiary/aromatic N) is 1. The van der Waals surface area contributed by atoms with Gasteiger partial charge in [0.05, 0.1) is 4.92 Å². The summed E-state index contributed by atoms with van der Waals surface area (Å²) in [7, 11) is 0. The molecule has 5 nitrogen and oxygen atoms in total. The zero-order valence-electron chi connectivity index (χ0n) is 12.0. The number of non-ortho nitro benzene ring substituents is 1. The van der Waals surface area contributed by atoms with Crippen molar-refractivity contribution in [1.29, 1.82) is 0 Å². The van der Waals surface area contributed by atoms with Crippen molar-refractivity contribution in [2.24, 2.45) is 0 Å². The monoisotopic (exact) mass is 275 g/mol. The molecule has 5 heteroatoms. The summed E-state index contributed by atoms with van der Waals surface area (Å²) >= 11 is 0. The molecule has 1 aromatic rings. The van der Waals surface area contributed by atoms with Gasteiger partial charge in [0.25, 0.3) is 5.69 Å². The SMILES string of the molecule is CC(=O)O/C(=C\c1ccc([N+](=O)[O-])cc1)C(C)=C(C)C. The lowest BCUT2D eigenvalue weighted by molar-refractivity contribution is -0.384. The minimum atomic E-state index is -0.457. The van der Waals surface area contributed by atoms with Crippen molar-refractivity contribution >= 4 is 17.7 Å². The summed E-state index contributed by atoms with van der Waals surface area (Å²) < 4.78 is 5.19. The second-order valence-electron chi connectivity index (χ2n) is 4.58. The van der Waals surface area contributed by atoms with Crippen LogP contribution >= 0.6 is 0 Å². The first-order valence-corrected chi connectivity index (χ1v) is 6.10. The fraction of sp³-hybridized carbons (Fsp3) is 0.267. The Morgan fingerprint density at radius 2 is 1.70 bits per heavy atom. The molecule has 0 atom stereocenters. The van der Waals surface area contributed by atoms with Gasteiger partial charge in [-0.15, -0.1) is 0 Å². The molecule has 0 N–H and O–H groups in total. The third kappa shape index (κ3) is 4.35. The van der Waals surface area contributed by atoms with Crippen LogP contribution in [0.4, 0.5) is 5.69 Å². The zero-order valence-corrected chi connectivity index (χ0v) is 12.0. The molecule has 1 rings (SSSR count). The number of allylic oxidation sites excluding steroid dienone is 2.